The van der Waals surface area contributed by atoms with Crippen molar-refractivity contribution in [2.45, 2.75) is 12.5 Å². The zero-order chi connectivity index (χ0) is 15.4. The number of nitrogens with zero attached hydrogens (tertiary/aromatic N) is 2. The van der Waals surface area contributed by atoms with Crippen LogP contribution in [0.2, 0.25) is 0 Å². The SMILES string of the molecule is Cn1cc(C(N)C(=O)Nc2ccc(CC(=O)O)cc2)cn1. The fraction of sp³-hybridized carbons (Fsp3) is 0.214. The second kappa shape index (κ2) is 6.19. The summed E-state index contributed by atoms with van der Waals surface area (Å²) in [4.78, 5) is 22.6. The summed E-state index contributed by atoms with van der Waals surface area (Å²) in [5.41, 5.74) is 7.70. The average molecular weight is 288 g/mol. The molecule has 1 aromatic heterocycles. The van der Waals surface area contributed by atoms with Crippen molar-refractivity contribution in [2.24, 2.45) is 12.8 Å². The third-order valence-electron chi connectivity index (χ3n) is 2.94. The minimum atomic E-state index is -0.898. The second-order valence-electron chi connectivity index (χ2n) is 4.68. The molecule has 1 amide bonds. The van der Waals surface area contributed by atoms with Gasteiger partial charge in [-0.05, 0) is 17.7 Å². The smallest absolute Gasteiger partial charge is 0.307 e. The molecule has 0 saturated heterocycles. The second-order valence-corrected chi connectivity index (χ2v) is 4.68. The standard InChI is InChI=1S/C14H16N4O3/c1-18-8-10(7-16-18)13(15)14(21)17-11-4-2-9(3-5-11)6-12(19)20/h2-5,7-8,13H,6,15H2,1H3,(H,17,21)(H,19,20). The summed E-state index contributed by atoms with van der Waals surface area (Å²) in [7, 11) is 1.75. The molecule has 0 radical (unpaired) electrons. The van der Waals surface area contributed by atoms with Crippen LogP contribution < -0.4 is 11.1 Å². The van der Waals surface area contributed by atoms with Crippen molar-refractivity contribution in [3.63, 3.8) is 0 Å². The van der Waals surface area contributed by atoms with Crippen LogP contribution >= 0.6 is 0 Å². The number of hydrogen-bond donors (Lipinski definition) is 3. The molecule has 7 heteroatoms. The van der Waals surface area contributed by atoms with Crippen molar-refractivity contribution in [1.82, 2.24) is 9.78 Å². The molecule has 0 bridgehead atoms. The zero-order valence-electron chi connectivity index (χ0n) is 11.5. The van der Waals surface area contributed by atoms with Crippen molar-refractivity contribution >= 4 is 17.6 Å². The van der Waals surface area contributed by atoms with Gasteiger partial charge in [-0.15, -0.1) is 0 Å². The topological polar surface area (TPSA) is 110 Å². The van der Waals surface area contributed by atoms with Crippen LogP contribution in [0.5, 0.6) is 0 Å². The Labute approximate surface area is 121 Å². The van der Waals surface area contributed by atoms with Gasteiger partial charge in [0.15, 0.2) is 0 Å². The van der Waals surface area contributed by atoms with E-state index in [-0.39, 0.29) is 12.3 Å². The predicted octanol–water partition coefficient (Wildman–Crippen LogP) is 0.686. The van der Waals surface area contributed by atoms with Crippen LogP contribution in [0.25, 0.3) is 0 Å². The molecule has 0 spiro atoms. The number of benzene rings is 1. The van der Waals surface area contributed by atoms with Crippen molar-refractivity contribution in [2.75, 3.05) is 5.32 Å². The predicted molar refractivity (Wildman–Crippen MR) is 76.5 cm³/mol. The molecule has 1 heterocycles. The van der Waals surface area contributed by atoms with Gasteiger partial charge in [-0.25, -0.2) is 0 Å². The van der Waals surface area contributed by atoms with E-state index in [0.717, 1.165) is 0 Å². The number of carboxylic acid groups (broad SMARTS) is 1. The molecular weight excluding hydrogens is 272 g/mol. The number of anilines is 1. The summed E-state index contributed by atoms with van der Waals surface area (Å²) >= 11 is 0. The molecule has 0 aliphatic carbocycles. The highest BCUT2D eigenvalue weighted by Crippen LogP contribution is 2.14. The third kappa shape index (κ3) is 3.90. The van der Waals surface area contributed by atoms with Crippen LogP contribution in [0.1, 0.15) is 17.2 Å². The number of carbonyl (C=O) groups excluding carboxylic acids is 1. The molecule has 110 valence electrons. The highest BCUT2D eigenvalue weighted by molar-refractivity contribution is 5.95. The fourth-order valence-electron chi connectivity index (χ4n) is 1.85. The lowest BCUT2D eigenvalue weighted by Gasteiger charge is -2.11. The van der Waals surface area contributed by atoms with E-state index in [4.69, 9.17) is 10.8 Å². The molecular formula is C14H16N4O3. The van der Waals surface area contributed by atoms with Crippen molar-refractivity contribution < 1.29 is 14.7 Å². The fourth-order valence-corrected chi connectivity index (χ4v) is 1.85. The first-order valence-electron chi connectivity index (χ1n) is 6.31. The number of nitrogens with one attached hydrogen (secondary N) is 1. The highest BCUT2D eigenvalue weighted by atomic mass is 16.4. The molecule has 0 aliphatic heterocycles. The zero-order valence-corrected chi connectivity index (χ0v) is 11.5. The van der Waals surface area contributed by atoms with E-state index in [1.165, 1.54) is 0 Å². The van der Waals surface area contributed by atoms with Crippen LogP contribution in [0.4, 0.5) is 5.69 Å². The first-order valence-corrected chi connectivity index (χ1v) is 6.31. The Balaban J connectivity index is 2.00. The number of amides is 1. The number of aryl methyl sites for hydroxylation is 1. The lowest BCUT2D eigenvalue weighted by molar-refractivity contribution is -0.136. The van der Waals surface area contributed by atoms with Crippen molar-refractivity contribution in [1.29, 1.82) is 0 Å². The molecule has 1 unspecified atom stereocenters. The molecule has 1 aromatic carbocycles. The van der Waals surface area contributed by atoms with Crippen molar-refractivity contribution in [3.8, 4) is 0 Å². The molecule has 21 heavy (non-hydrogen) atoms. The Morgan fingerprint density at radius 1 is 1.38 bits per heavy atom. The van der Waals surface area contributed by atoms with E-state index in [1.54, 1.807) is 48.4 Å². The van der Waals surface area contributed by atoms with Gasteiger partial charge >= 0.3 is 5.97 Å². The summed E-state index contributed by atoms with van der Waals surface area (Å²) < 4.78 is 1.57. The maximum atomic E-state index is 12.0. The first kappa shape index (κ1) is 14.7. The normalized spacial score (nSPS) is 11.9. The van der Waals surface area contributed by atoms with Crippen molar-refractivity contribution in [3.05, 3.63) is 47.8 Å². The summed E-state index contributed by atoms with van der Waals surface area (Å²) in [6, 6.07) is 5.79. The lowest BCUT2D eigenvalue weighted by Crippen LogP contribution is -2.27. The van der Waals surface area contributed by atoms with Gasteiger partial charge < -0.3 is 16.2 Å². The highest BCUT2D eigenvalue weighted by Gasteiger charge is 2.17. The van der Waals surface area contributed by atoms with Gasteiger partial charge in [0, 0.05) is 24.5 Å². The maximum absolute atomic E-state index is 12.0. The number of aromatic nitrogens is 2. The third-order valence-corrected chi connectivity index (χ3v) is 2.94. The van der Waals surface area contributed by atoms with Gasteiger partial charge in [-0.2, -0.15) is 5.10 Å². The van der Waals surface area contributed by atoms with Crippen LogP contribution in [-0.4, -0.2) is 26.8 Å². The number of carboxylic acids is 1. The average Bonchev–Trinajstić information content (AvgIpc) is 2.86. The maximum Gasteiger partial charge on any atom is 0.307 e. The van der Waals surface area contributed by atoms with Crippen LogP contribution in [0, 0.1) is 0 Å². The minimum absolute atomic E-state index is 0.0522. The molecule has 0 saturated carbocycles. The number of rotatable bonds is 5. The molecule has 2 aromatic rings. The van der Waals surface area contributed by atoms with Crippen LogP contribution in [-0.2, 0) is 23.1 Å². The van der Waals surface area contributed by atoms with E-state index in [9.17, 15) is 9.59 Å². The van der Waals surface area contributed by atoms with E-state index < -0.39 is 12.0 Å². The van der Waals surface area contributed by atoms with Gasteiger partial charge in [-0.1, -0.05) is 12.1 Å². The Morgan fingerprint density at radius 2 is 2.05 bits per heavy atom. The molecule has 2 rings (SSSR count). The Hall–Kier alpha value is -2.67. The Bertz CT molecular complexity index is 648. The number of carbonyl (C=O) groups is 2. The quantitative estimate of drug-likeness (QED) is 0.749. The van der Waals surface area contributed by atoms with Gasteiger partial charge in [0.1, 0.15) is 6.04 Å². The molecule has 4 N–H and O–H groups in total. The Morgan fingerprint density at radius 3 is 2.57 bits per heavy atom. The van der Waals surface area contributed by atoms with Crippen LogP contribution in [0.15, 0.2) is 36.7 Å². The van der Waals surface area contributed by atoms with Crippen LogP contribution in [0.3, 0.4) is 0 Å². The first-order chi connectivity index (χ1) is 9.95. The van der Waals surface area contributed by atoms with E-state index >= 15 is 0 Å². The summed E-state index contributed by atoms with van der Waals surface area (Å²) in [6.45, 7) is 0. The van der Waals surface area contributed by atoms with Gasteiger partial charge in [0.25, 0.3) is 0 Å². The Kier molecular flexibility index (Phi) is 4.34. The molecule has 1 atom stereocenters. The number of hydrogen-bond acceptors (Lipinski definition) is 4. The number of aliphatic carboxylic acids is 1. The van der Waals surface area contributed by atoms with Gasteiger partial charge in [-0.3, -0.25) is 14.3 Å². The number of nitrogens with two attached hydrogens (primary N) is 1. The van der Waals surface area contributed by atoms with E-state index in [2.05, 4.69) is 10.4 Å². The van der Waals surface area contributed by atoms with Gasteiger partial charge in [0.2, 0.25) is 5.91 Å². The summed E-state index contributed by atoms with van der Waals surface area (Å²) in [5.74, 6) is -1.25. The van der Waals surface area contributed by atoms with E-state index in [0.29, 0.717) is 16.8 Å². The molecule has 7 nitrogen and oxygen atoms in total. The summed E-state index contributed by atoms with van der Waals surface area (Å²) in [5, 5.41) is 15.3. The largest absolute Gasteiger partial charge is 0.481 e. The molecule has 0 fully saturated rings. The van der Waals surface area contributed by atoms with E-state index in [1.807, 2.05) is 0 Å². The monoisotopic (exact) mass is 288 g/mol. The minimum Gasteiger partial charge on any atom is -0.481 e. The molecule has 0 aliphatic rings. The van der Waals surface area contributed by atoms with Gasteiger partial charge in [0.05, 0.1) is 12.6 Å². The lowest BCUT2D eigenvalue weighted by atomic mass is 10.1. The summed E-state index contributed by atoms with van der Waals surface area (Å²) in [6.07, 6.45) is 3.17.